The van der Waals surface area contributed by atoms with Crippen molar-refractivity contribution >= 4 is 15.7 Å². The highest BCUT2D eigenvalue weighted by Gasteiger charge is 2.12. The van der Waals surface area contributed by atoms with E-state index in [1.54, 1.807) is 24.3 Å². The van der Waals surface area contributed by atoms with Crippen molar-refractivity contribution in [2.24, 2.45) is 0 Å². The molecule has 0 aliphatic heterocycles. The van der Waals surface area contributed by atoms with E-state index in [2.05, 4.69) is 10.0 Å². The summed E-state index contributed by atoms with van der Waals surface area (Å²) in [5.74, 6) is 0. The topological polar surface area (TPSA) is 58.2 Å². The highest BCUT2D eigenvalue weighted by Crippen LogP contribution is 2.09. The Bertz CT molecular complexity index is 637. The maximum absolute atomic E-state index is 12.0. The number of hydrogen-bond acceptors (Lipinski definition) is 3. The Morgan fingerprint density at radius 2 is 1.55 bits per heavy atom. The molecule has 5 heteroatoms. The second-order valence-corrected chi connectivity index (χ2v) is 6.27. The van der Waals surface area contributed by atoms with Crippen LogP contribution in [0.5, 0.6) is 0 Å². The van der Waals surface area contributed by atoms with E-state index < -0.39 is 10.0 Å². The van der Waals surface area contributed by atoms with Crippen LogP contribution in [0.25, 0.3) is 0 Å². The minimum atomic E-state index is -3.42. The van der Waals surface area contributed by atoms with Crippen LogP contribution in [0, 0.1) is 6.92 Å². The summed E-state index contributed by atoms with van der Waals surface area (Å²) in [6.45, 7) is 2.80. The minimum absolute atomic E-state index is 0.294. The lowest BCUT2D eigenvalue weighted by atomic mass is 10.2. The van der Waals surface area contributed by atoms with Crippen molar-refractivity contribution in [1.82, 2.24) is 4.72 Å². The molecule has 0 amide bonds. The molecule has 0 aromatic heterocycles. The van der Waals surface area contributed by atoms with Gasteiger partial charge in [-0.25, -0.2) is 13.1 Å². The van der Waals surface area contributed by atoms with Crippen LogP contribution in [0.2, 0.25) is 0 Å². The lowest BCUT2D eigenvalue weighted by molar-refractivity contribution is 0.583. The fourth-order valence-electron chi connectivity index (χ4n) is 1.75. The molecule has 0 saturated heterocycles. The molecule has 106 valence electrons. The van der Waals surface area contributed by atoms with Gasteiger partial charge in [-0.1, -0.05) is 35.9 Å². The molecule has 4 nitrogen and oxygen atoms in total. The smallest absolute Gasteiger partial charge is 0.240 e. The molecule has 0 heterocycles. The molecule has 0 spiro atoms. The molecule has 0 unspecified atom stereocenters. The van der Waals surface area contributed by atoms with Gasteiger partial charge < -0.3 is 5.32 Å². The van der Waals surface area contributed by atoms with E-state index in [-0.39, 0.29) is 0 Å². The Labute approximate surface area is 119 Å². The molecule has 0 fully saturated rings. The first kappa shape index (κ1) is 14.6. The lowest BCUT2D eigenvalue weighted by Crippen LogP contribution is -2.28. The SMILES string of the molecule is Cc1ccc(S(=O)(=O)NCCNc2ccccc2)cc1. The summed E-state index contributed by atoms with van der Waals surface area (Å²) in [6.07, 6.45) is 0. The molecule has 20 heavy (non-hydrogen) atoms. The molecule has 0 aliphatic rings. The first-order chi connectivity index (χ1) is 9.58. The van der Waals surface area contributed by atoms with E-state index in [9.17, 15) is 8.42 Å². The van der Waals surface area contributed by atoms with Crippen LogP contribution in [0.15, 0.2) is 59.5 Å². The lowest BCUT2D eigenvalue weighted by Gasteiger charge is -2.09. The van der Waals surface area contributed by atoms with Crippen molar-refractivity contribution in [1.29, 1.82) is 0 Å². The third kappa shape index (κ3) is 4.08. The summed E-state index contributed by atoms with van der Waals surface area (Å²) in [6, 6.07) is 16.5. The van der Waals surface area contributed by atoms with Gasteiger partial charge in [0.25, 0.3) is 0 Å². The van der Waals surface area contributed by atoms with Gasteiger partial charge in [-0.2, -0.15) is 0 Å². The zero-order valence-electron chi connectivity index (χ0n) is 11.3. The monoisotopic (exact) mass is 290 g/mol. The molecule has 0 radical (unpaired) electrons. The van der Waals surface area contributed by atoms with E-state index in [0.29, 0.717) is 18.0 Å². The molecular weight excluding hydrogens is 272 g/mol. The maximum Gasteiger partial charge on any atom is 0.240 e. The standard InChI is InChI=1S/C15H18N2O2S/c1-13-7-9-15(10-8-13)20(18,19)17-12-11-16-14-5-3-2-4-6-14/h2-10,16-17H,11-12H2,1H3. The third-order valence-corrected chi connectivity index (χ3v) is 4.33. The largest absolute Gasteiger partial charge is 0.384 e. The van der Waals surface area contributed by atoms with Crippen LogP contribution in [-0.2, 0) is 10.0 Å². The number of hydrogen-bond donors (Lipinski definition) is 2. The first-order valence-corrected chi connectivity index (χ1v) is 7.91. The molecule has 2 rings (SSSR count). The van der Waals surface area contributed by atoms with Crippen LogP contribution in [-0.4, -0.2) is 21.5 Å². The summed E-state index contributed by atoms with van der Waals surface area (Å²) >= 11 is 0. The molecular formula is C15H18N2O2S. The Kier molecular flexibility index (Phi) is 4.76. The summed E-state index contributed by atoms with van der Waals surface area (Å²) in [5, 5.41) is 3.15. The molecule has 2 N–H and O–H groups in total. The predicted octanol–water partition coefficient (Wildman–Crippen LogP) is 2.39. The molecule has 0 saturated carbocycles. The number of rotatable bonds is 6. The molecule has 2 aromatic rings. The zero-order chi connectivity index (χ0) is 14.4. The fourth-order valence-corrected chi connectivity index (χ4v) is 2.78. The summed E-state index contributed by atoms with van der Waals surface area (Å²) in [5.41, 5.74) is 2.01. The average molecular weight is 290 g/mol. The van der Waals surface area contributed by atoms with Gasteiger partial charge in [0.15, 0.2) is 0 Å². The van der Waals surface area contributed by atoms with E-state index >= 15 is 0 Å². The molecule has 0 aliphatic carbocycles. The van der Waals surface area contributed by atoms with Gasteiger partial charge in [0.05, 0.1) is 4.90 Å². The predicted molar refractivity (Wildman–Crippen MR) is 81.3 cm³/mol. The minimum Gasteiger partial charge on any atom is -0.384 e. The molecule has 2 aromatic carbocycles. The number of aryl methyl sites for hydroxylation is 1. The molecule has 0 bridgehead atoms. The van der Waals surface area contributed by atoms with Crippen molar-refractivity contribution < 1.29 is 8.42 Å². The van der Waals surface area contributed by atoms with Crippen LogP contribution >= 0.6 is 0 Å². The van der Waals surface area contributed by atoms with Gasteiger partial charge in [0.1, 0.15) is 0 Å². The highest BCUT2D eigenvalue weighted by atomic mass is 32.2. The van der Waals surface area contributed by atoms with E-state index in [1.165, 1.54) is 0 Å². The van der Waals surface area contributed by atoms with Gasteiger partial charge in [0.2, 0.25) is 10.0 Å². The van der Waals surface area contributed by atoms with Crippen molar-refractivity contribution in [3.8, 4) is 0 Å². The van der Waals surface area contributed by atoms with Crippen molar-refractivity contribution in [3.05, 3.63) is 60.2 Å². The molecule has 0 atom stereocenters. The number of anilines is 1. The normalized spacial score (nSPS) is 11.2. The average Bonchev–Trinajstić information content (AvgIpc) is 2.45. The van der Waals surface area contributed by atoms with Crippen molar-refractivity contribution in [2.45, 2.75) is 11.8 Å². The van der Waals surface area contributed by atoms with Gasteiger partial charge in [-0.3, -0.25) is 0 Å². The van der Waals surface area contributed by atoms with E-state index in [1.807, 2.05) is 37.3 Å². The number of para-hydroxylation sites is 1. The Morgan fingerprint density at radius 3 is 2.20 bits per heavy atom. The van der Waals surface area contributed by atoms with Crippen LogP contribution in [0.3, 0.4) is 0 Å². The van der Waals surface area contributed by atoms with Crippen LogP contribution in [0.4, 0.5) is 5.69 Å². The Hall–Kier alpha value is -1.85. The van der Waals surface area contributed by atoms with Crippen molar-refractivity contribution in [3.63, 3.8) is 0 Å². The van der Waals surface area contributed by atoms with Gasteiger partial charge in [0, 0.05) is 18.8 Å². The second-order valence-electron chi connectivity index (χ2n) is 4.50. The third-order valence-electron chi connectivity index (χ3n) is 2.85. The second kappa shape index (κ2) is 6.54. The van der Waals surface area contributed by atoms with Gasteiger partial charge >= 0.3 is 0 Å². The zero-order valence-corrected chi connectivity index (χ0v) is 12.2. The number of benzene rings is 2. The number of sulfonamides is 1. The van der Waals surface area contributed by atoms with Crippen molar-refractivity contribution in [2.75, 3.05) is 18.4 Å². The summed E-state index contributed by atoms with van der Waals surface area (Å²) < 4.78 is 26.6. The van der Waals surface area contributed by atoms with E-state index in [4.69, 9.17) is 0 Å². The van der Waals surface area contributed by atoms with Crippen LogP contribution < -0.4 is 10.0 Å². The van der Waals surface area contributed by atoms with Crippen LogP contribution in [0.1, 0.15) is 5.56 Å². The number of nitrogens with one attached hydrogen (secondary N) is 2. The highest BCUT2D eigenvalue weighted by molar-refractivity contribution is 7.89. The summed E-state index contributed by atoms with van der Waals surface area (Å²) in [4.78, 5) is 0.294. The quantitative estimate of drug-likeness (QED) is 0.803. The van der Waals surface area contributed by atoms with Gasteiger partial charge in [-0.05, 0) is 31.2 Å². The Morgan fingerprint density at radius 1 is 0.900 bits per heavy atom. The first-order valence-electron chi connectivity index (χ1n) is 6.43. The maximum atomic E-state index is 12.0. The summed E-state index contributed by atoms with van der Waals surface area (Å²) in [7, 11) is -3.42. The van der Waals surface area contributed by atoms with E-state index in [0.717, 1.165) is 11.3 Å². The van der Waals surface area contributed by atoms with Gasteiger partial charge in [-0.15, -0.1) is 0 Å². The fraction of sp³-hybridized carbons (Fsp3) is 0.200. The Balaban J connectivity index is 1.85.